The van der Waals surface area contributed by atoms with Gasteiger partial charge < -0.3 is 10.5 Å². The predicted molar refractivity (Wildman–Crippen MR) is 46.3 cm³/mol. The van der Waals surface area contributed by atoms with Crippen LogP contribution in [0.2, 0.25) is 0 Å². The third-order valence-corrected chi connectivity index (χ3v) is 1.44. The smallest absolute Gasteiger partial charge is 0.353 e. The molecule has 0 aromatic heterocycles. The number of anilines is 1. The molecule has 2 N–H and O–H groups in total. The van der Waals surface area contributed by atoms with Crippen LogP contribution in [-0.2, 0) is 11.3 Å². The maximum atomic E-state index is 12.3. The molecule has 1 aromatic rings. The largest absolute Gasteiger partial charge is 0.399 e. The van der Waals surface area contributed by atoms with Crippen LogP contribution in [-0.4, -0.2) is 6.11 Å². The summed E-state index contributed by atoms with van der Waals surface area (Å²) >= 11 is 0. The second-order valence-corrected chi connectivity index (χ2v) is 2.84. The molecule has 0 atom stereocenters. The van der Waals surface area contributed by atoms with Gasteiger partial charge >= 0.3 is 6.11 Å². The van der Waals surface area contributed by atoms with Crippen LogP contribution in [0, 0.1) is 0 Å². The average Bonchev–Trinajstić information content (AvgIpc) is 2.00. The lowest BCUT2D eigenvalue weighted by molar-refractivity contribution is -0.231. The van der Waals surface area contributed by atoms with E-state index in [0.29, 0.717) is 18.2 Å². The molecule has 13 heavy (non-hydrogen) atoms. The van der Waals surface area contributed by atoms with Gasteiger partial charge in [0.2, 0.25) is 0 Å². The molecular formula is C9H11F2NO. The van der Waals surface area contributed by atoms with E-state index in [4.69, 9.17) is 5.73 Å². The van der Waals surface area contributed by atoms with E-state index in [9.17, 15) is 8.78 Å². The number of nitrogen functional groups attached to an aromatic ring is 1. The lowest BCUT2D eigenvalue weighted by Crippen LogP contribution is -2.14. The number of benzene rings is 1. The minimum atomic E-state index is -3.09. The molecule has 4 heteroatoms. The number of alkyl halides is 2. The van der Waals surface area contributed by atoms with Crippen LogP contribution in [0.25, 0.3) is 0 Å². The van der Waals surface area contributed by atoms with Crippen molar-refractivity contribution in [3.63, 3.8) is 0 Å². The first-order valence-corrected chi connectivity index (χ1v) is 3.83. The lowest BCUT2D eigenvalue weighted by Gasteiger charge is -2.11. The Morgan fingerprint density at radius 1 is 1.46 bits per heavy atom. The highest BCUT2D eigenvalue weighted by atomic mass is 19.3. The number of nitrogens with two attached hydrogens (primary N) is 1. The van der Waals surface area contributed by atoms with Crippen LogP contribution >= 0.6 is 0 Å². The zero-order valence-electron chi connectivity index (χ0n) is 7.26. The zero-order chi connectivity index (χ0) is 9.90. The van der Waals surface area contributed by atoms with Crippen molar-refractivity contribution in [1.29, 1.82) is 0 Å². The standard InChI is InChI=1S/C9H11F2NO/c1-9(10,11)13-6-7-3-2-4-8(12)5-7/h2-5H,6,12H2,1H3. The monoisotopic (exact) mass is 187 g/mol. The van der Waals surface area contributed by atoms with Gasteiger partial charge in [0.25, 0.3) is 0 Å². The molecule has 1 aromatic carbocycles. The molecule has 1 rings (SSSR count). The molecule has 0 radical (unpaired) electrons. The van der Waals surface area contributed by atoms with E-state index in [1.54, 1.807) is 24.3 Å². The maximum Gasteiger partial charge on any atom is 0.353 e. The van der Waals surface area contributed by atoms with Crippen molar-refractivity contribution in [3.8, 4) is 0 Å². The van der Waals surface area contributed by atoms with Gasteiger partial charge in [0.1, 0.15) is 0 Å². The summed E-state index contributed by atoms with van der Waals surface area (Å²) in [5.74, 6) is 0. The first-order chi connectivity index (χ1) is 5.97. The summed E-state index contributed by atoms with van der Waals surface area (Å²) in [7, 11) is 0. The van der Waals surface area contributed by atoms with Gasteiger partial charge in [-0.2, -0.15) is 8.78 Å². The van der Waals surface area contributed by atoms with Crippen molar-refractivity contribution in [2.75, 3.05) is 5.73 Å². The molecule has 0 saturated heterocycles. The third kappa shape index (κ3) is 3.85. The Bertz CT molecular complexity index is 283. The SMILES string of the molecule is CC(F)(F)OCc1cccc(N)c1. The van der Waals surface area contributed by atoms with Crippen molar-refractivity contribution in [1.82, 2.24) is 0 Å². The number of hydrogen-bond acceptors (Lipinski definition) is 2. The number of ether oxygens (including phenoxy) is 1. The normalized spacial score (nSPS) is 11.6. The molecule has 0 aliphatic heterocycles. The minimum Gasteiger partial charge on any atom is -0.399 e. The molecule has 0 aliphatic rings. The summed E-state index contributed by atoms with van der Waals surface area (Å²) in [6.07, 6.45) is -3.09. The van der Waals surface area contributed by atoms with Crippen LogP contribution in [0.15, 0.2) is 24.3 Å². The summed E-state index contributed by atoms with van der Waals surface area (Å²) in [4.78, 5) is 0. The Labute approximate surface area is 75.3 Å². The lowest BCUT2D eigenvalue weighted by atomic mass is 10.2. The van der Waals surface area contributed by atoms with Crippen molar-refractivity contribution >= 4 is 5.69 Å². The fourth-order valence-electron chi connectivity index (χ4n) is 0.893. The predicted octanol–water partition coefficient (Wildman–Crippen LogP) is 2.40. The molecule has 0 heterocycles. The van der Waals surface area contributed by atoms with Gasteiger partial charge in [-0.05, 0) is 17.7 Å². The summed E-state index contributed by atoms with van der Waals surface area (Å²) in [5.41, 5.74) is 6.64. The Morgan fingerprint density at radius 3 is 2.69 bits per heavy atom. The van der Waals surface area contributed by atoms with Crippen LogP contribution in [0.5, 0.6) is 0 Å². The fraction of sp³-hybridized carbons (Fsp3) is 0.333. The molecule has 0 unspecified atom stereocenters. The quantitative estimate of drug-likeness (QED) is 0.737. The second kappa shape index (κ2) is 3.70. The van der Waals surface area contributed by atoms with E-state index in [1.165, 1.54) is 0 Å². The molecule has 0 spiro atoms. The van der Waals surface area contributed by atoms with Gasteiger partial charge in [-0.25, -0.2) is 0 Å². The van der Waals surface area contributed by atoms with Crippen molar-refractivity contribution in [2.24, 2.45) is 0 Å². The highest BCUT2D eigenvalue weighted by Gasteiger charge is 2.21. The minimum absolute atomic E-state index is 0.130. The van der Waals surface area contributed by atoms with E-state index >= 15 is 0 Å². The molecule has 0 fully saturated rings. The third-order valence-electron chi connectivity index (χ3n) is 1.44. The van der Waals surface area contributed by atoms with Gasteiger partial charge in [0.05, 0.1) is 6.61 Å². The van der Waals surface area contributed by atoms with Gasteiger partial charge in [0.15, 0.2) is 0 Å². The molecule has 0 bridgehead atoms. The topological polar surface area (TPSA) is 35.2 Å². The van der Waals surface area contributed by atoms with E-state index in [1.807, 2.05) is 0 Å². The van der Waals surface area contributed by atoms with Crippen LogP contribution in [0.3, 0.4) is 0 Å². The first kappa shape index (κ1) is 9.92. The number of halogens is 2. The molecule has 0 saturated carbocycles. The van der Waals surface area contributed by atoms with E-state index in [0.717, 1.165) is 0 Å². The average molecular weight is 187 g/mol. The molecule has 0 aliphatic carbocycles. The summed E-state index contributed by atoms with van der Waals surface area (Å²) in [6, 6.07) is 6.67. The Balaban J connectivity index is 2.55. The van der Waals surface area contributed by atoms with Crippen LogP contribution in [0.4, 0.5) is 14.5 Å². The molecule has 0 amide bonds. The van der Waals surface area contributed by atoms with Crippen LogP contribution < -0.4 is 5.73 Å². The highest BCUT2D eigenvalue weighted by Crippen LogP contribution is 2.17. The van der Waals surface area contributed by atoms with Gasteiger partial charge in [-0.3, -0.25) is 0 Å². The van der Waals surface area contributed by atoms with E-state index in [2.05, 4.69) is 4.74 Å². The Morgan fingerprint density at radius 2 is 2.15 bits per heavy atom. The van der Waals surface area contributed by atoms with Gasteiger partial charge in [-0.1, -0.05) is 12.1 Å². The van der Waals surface area contributed by atoms with Crippen LogP contribution in [0.1, 0.15) is 12.5 Å². The van der Waals surface area contributed by atoms with E-state index < -0.39 is 6.11 Å². The second-order valence-electron chi connectivity index (χ2n) is 2.84. The van der Waals surface area contributed by atoms with Gasteiger partial charge in [-0.15, -0.1) is 0 Å². The maximum absolute atomic E-state index is 12.3. The fourth-order valence-corrected chi connectivity index (χ4v) is 0.893. The zero-order valence-corrected chi connectivity index (χ0v) is 7.26. The number of rotatable bonds is 3. The summed E-state index contributed by atoms with van der Waals surface area (Å²) < 4.78 is 28.8. The number of hydrogen-bond donors (Lipinski definition) is 1. The molecule has 2 nitrogen and oxygen atoms in total. The van der Waals surface area contributed by atoms with Crippen molar-refractivity contribution in [3.05, 3.63) is 29.8 Å². The summed E-state index contributed by atoms with van der Waals surface area (Å²) in [5, 5.41) is 0. The summed E-state index contributed by atoms with van der Waals surface area (Å²) in [6.45, 7) is 0.577. The Kier molecular flexibility index (Phi) is 2.83. The molecule has 72 valence electrons. The highest BCUT2D eigenvalue weighted by molar-refractivity contribution is 5.40. The van der Waals surface area contributed by atoms with Crippen molar-refractivity contribution in [2.45, 2.75) is 19.6 Å². The van der Waals surface area contributed by atoms with Gasteiger partial charge in [0, 0.05) is 12.6 Å². The van der Waals surface area contributed by atoms with E-state index in [-0.39, 0.29) is 6.61 Å². The van der Waals surface area contributed by atoms with Crippen molar-refractivity contribution < 1.29 is 13.5 Å². The molecular weight excluding hydrogens is 176 g/mol. The first-order valence-electron chi connectivity index (χ1n) is 3.83. The Hall–Kier alpha value is -1.16.